The number of H-pyrrole nitrogens is 1. The number of aromatic nitrogens is 1. The SMILES string of the molecule is Cc1ccc(C(=O)Oc2ccccc2C=NNC(=O)c2[nH]c3c(ccc4ccccc43)c2-c2ccccc2)cc1. The van der Waals surface area contributed by atoms with E-state index in [-0.39, 0.29) is 5.91 Å². The van der Waals surface area contributed by atoms with Gasteiger partial charge < -0.3 is 9.72 Å². The van der Waals surface area contributed by atoms with Crippen LogP contribution in [0.25, 0.3) is 32.8 Å². The maximum absolute atomic E-state index is 13.5. The summed E-state index contributed by atoms with van der Waals surface area (Å²) in [5.74, 6) is -0.514. The fourth-order valence-corrected chi connectivity index (χ4v) is 4.76. The Morgan fingerprint density at radius 1 is 0.775 bits per heavy atom. The van der Waals surface area contributed by atoms with Crippen LogP contribution in [0.1, 0.15) is 32.0 Å². The molecule has 6 nitrogen and oxygen atoms in total. The van der Waals surface area contributed by atoms with E-state index < -0.39 is 5.97 Å². The molecule has 6 heteroatoms. The lowest BCUT2D eigenvalue weighted by Crippen LogP contribution is -2.19. The number of ether oxygens (including phenoxy) is 1. The van der Waals surface area contributed by atoms with Gasteiger partial charge in [-0.3, -0.25) is 4.79 Å². The maximum atomic E-state index is 13.5. The van der Waals surface area contributed by atoms with Crippen LogP contribution in [0.15, 0.2) is 120 Å². The van der Waals surface area contributed by atoms with Crippen molar-refractivity contribution in [1.29, 1.82) is 0 Å². The minimum Gasteiger partial charge on any atom is -0.422 e. The Labute approximate surface area is 230 Å². The molecule has 0 radical (unpaired) electrons. The summed E-state index contributed by atoms with van der Waals surface area (Å²) in [5, 5.41) is 7.27. The van der Waals surface area contributed by atoms with Crippen LogP contribution < -0.4 is 10.2 Å². The number of carbonyl (C=O) groups is 2. The van der Waals surface area contributed by atoms with Crippen molar-refractivity contribution in [2.75, 3.05) is 0 Å². The summed E-state index contributed by atoms with van der Waals surface area (Å²) in [6, 6.07) is 36.2. The number of rotatable bonds is 6. The Kier molecular flexibility index (Phi) is 6.65. The van der Waals surface area contributed by atoms with Crippen LogP contribution >= 0.6 is 0 Å². The number of esters is 1. The van der Waals surface area contributed by atoms with Crippen molar-refractivity contribution in [2.24, 2.45) is 5.10 Å². The quantitative estimate of drug-likeness (QED) is 0.104. The number of amides is 1. The molecule has 0 atom stereocenters. The van der Waals surface area contributed by atoms with E-state index in [1.807, 2.05) is 85.8 Å². The number of fused-ring (bicyclic) bond motifs is 3. The van der Waals surface area contributed by atoms with Gasteiger partial charge >= 0.3 is 5.97 Å². The minimum absolute atomic E-state index is 0.341. The number of aromatic amines is 1. The summed E-state index contributed by atoms with van der Waals surface area (Å²) < 4.78 is 5.62. The van der Waals surface area contributed by atoms with E-state index >= 15 is 0 Å². The second kappa shape index (κ2) is 10.7. The molecular formula is C34H25N3O3. The molecule has 1 heterocycles. The Morgan fingerprint density at radius 2 is 1.50 bits per heavy atom. The molecule has 1 amide bonds. The molecule has 0 saturated carbocycles. The Hall–Kier alpha value is -5.49. The number of nitrogens with one attached hydrogen (secondary N) is 2. The van der Waals surface area contributed by atoms with E-state index in [1.54, 1.807) is 30.3 Å². The van der Waals surface area contributed by atoms with Gasteiger partial charge in [-0.2, -0.15) is 5.10 Å². The average Bonchev–Trinajstić information content (AvgIpc) is 3.39. The van der Waals surface area contributed by atoms with Crippen molar-refractivity contribution < 1.29 is 14.3 Å². The molecule has 194 valence electrons. The molecule has 0 aliphatic carbocycles. The van der Waals surface area contributed by atoms with Gasteiger partial charge in [0.05, 0.1) is 17.3 Å². The third-order valence-corrected chi connectivity index (χ3v) is 6.77. The van der Waals surface area contributed by atoms with Crippen LogP contribution in [0, 0.1) is 6.92 Å². The molecule has 2 N–H and O–H groups in total. The normalized spacial score (nSPS) is 11.2. The Balaban J connectivity index is 1.30. The molecule has 6 rings (SSSR count). The summed E-state index contributed by atoms with van der Waals surface area (Å²) >= 11 is 0. The van der Waals surface area contributed by atoms with Crippen LogP contribution in [0.3, 0.4) is 0 Å². The number of hydrogen-bond acceptors (Lipinski definition) is 4. The van der Waals surface area contributed by atoms with E-state index in [9.17, 15) is 9.59 Å². The lowest BCUT2D eigenvalue weighted by atomic mass is 9.99. The van der Waals surface area contributed by atoms with Gasteiger partial charge in [0.15, 0.2) is 0 Å². The first kappa shape index (κ1) is 24.8. The standard InChI is InChI=1S/C34H25N3O3/c1-22-15-17-25(18-16-22)34(39)40-29-14-8-6-12-26(29)21-35-37-33(38)32-30(24-10-3-2-4-11-24)28-20-19-23-9-5-7-13-27(23)31(28)36-32/h2-21,36H,1H3,(H,37,38). The third-order valence-electron chi connectivity index (χ3n) is 6.77. The minimum atomic E-state index is -0.470. The van der Waals surface area contributed by atoms with Crippen molar-refractivity contribution in [3.05, 3.63) is 138 Å². The number of aryl methyl sites for hydroxylation is 1. The van der Waals surface area contributed by atoms with E-state index in [4.69, 9.17) is 4.74 Å². The van der Waals surface area contributed by atoms with Crippen LogP contribution in [0.5, 0.6) is 5.75 Å². The highest BCUT2D eigenvalue weighted by molar-refractivity contribution is 6.16. The smallest absolute Gasteiger partial charge is 0.343 e. The van der Waals surface area contributed by atoms with Gasteiger partial charge in [-0.25, -0.2) is 10.2 Å². The van der Waals surface area contributed by atoms with Gasteiger partial charge in [0.1, 0.15) is 11.4 Å². The second-order valence-electron chi connectivity index (χ2n) is 9.44. The molecule has 0 saturated heterocycles. The Morgan fingerprint density at radius 3 is 2.33 bits per heavy atom. The molecule has 0 fully saturated rings. The third kappa shape index (κ3) is 4.86. The van der Waals surface area contributed by atoms with Crippen molar-refractivity contribution in [1.82, 2.24) is 10.4 Å². The van der Waals surface area contributed by atoms with Gasteiger partial charge in [0, 0.05) is 21.9 Å². The highest BCUT2D eigenvalue weighted by atomic mass is 16.5. The van der Waals surface area contributed by atoms with Crippen molar-refractivity contribution in [3.63, 3.8) is 0 Å². The van der Waals surface area contributed by atoms with Gasteiger partial charge in [-0.05, 0) is 42.1 Å². The lowest BCUT2D eigenvalue weighted by Gasteiger charge is -2.08. The van der Waals surface area contributed by atoms with Crippen LogP contribution in [0.4, 0.5) is 0 Å². The molecular weight excluding hydrogens is 498 g/mol. The number of hydrazone groups is 1. The number of benzene rings is 5. The maximum Gasteiger partial charge on any atom is 0.343 e. The number of carbonyl (C=O) groups excluding carboxylic acids is 2. The molecule has 5 aromatic carbocycles. The number of nitrogens with zero attached hydrogens (tertiary/aromatic N) is 1. The molecule has 0 spiro atoms. The topological polar surface area (TPSA) is 83.5 Å². The molecule has 0 unspecified atom stereocenters. The molecule has 0 aliphatic heterocycles. The predicted octanol–water partition coefficient (Wildman–Crippen LogP) is 7.28. The first-order chi connectivity index (χ1) is 19.6. The summed E-state index contributed by atoms with van der Waals surface area (Å²) in [6.45, 7) is 1.95. The zero-order valence-electron chi connectivity index (χ0n) is 21.7. The van der Waals surface area contributed by atoms with E-state index in [1.165, 1.54) is 6.21 Å². The molecule has 40 heavy (non-hydrogen) atoms. The fourth-order valence-electron chi connectivity index (χ4n) is 4.76. The molecule has 0 aliphatic rings. The van der Waals surface area contributed by atoms with Crippen molar-refractivity contribution >= 4 is 39.8 Å². The highest BCUT2D eigenvalue weighted by Gasteiger charge is 2.20. The van der Waals surface area contributed by atoms with E-state index in [2.05, 4.69) is 21.6 Å². The number of hydrogen-bond donors (Lipinski definition) is 2. The van der Waals surface area contributed by atoms with Crippen molar-refractivity contribution in [3.8, 4) is 16.9 Å². The average molecular weight is 524 g/mol. The first-order valence-corrected chi connectivity index (χ1v) is 12.9. The molecule has 1 aromatic heterocycles. The lowest BCUT2D eigenvalue weighted by molar-refractivity contribution is 0.0734. The molecule has 0 bridgehead atoms. The largest absolute Gasteiger partial charge is 0.422 e. The zero-order valence-corrected chi connectivity index (χ0v) is 21.7. The Bertz CT molecular complexity index is 1890. The van der Waals surface area contributed by atoms with E-state index in [0.717, 1.165) is 38.4 Å². The number of para-hydroxylation sites is 1. The summed E-state index contributed by atoms with van der Waals surface area (Å²) in [7, 11) is 0. The monoisotopic (exact) mass is 523 g/mol. The van der Waals surface area contributed by atoms with Crippen LogP contribution in [-0.4, -0.2) is 23.1 Å². The van der Waals surface area contributed by atoms with Crippen molar-refractivity contribution in [2.45, 2.75) is 6.92 Å². The van der Waals surface area contributed by atoms with Crippen LogP contribution in [0.2, 0.25) is 0 Å². The van der Waals surface area contributed by atoms with Gasteiger partial charge in [0.25, 0.3) is 5.91 Å². The first-order valence-electron chi connectivity index (χ1n) is 12.9. The summed E-state index contributed by atoms with van der Waals surface area (Å²) in [6.07, 6.45) is 1.47. The summed E-state index contributed by atoms with van der Waals surface area (Å²) in [5.41, 5.74) is 7.73. The van der Waals surface area contributed by atoms with Crippen LogP contribution in [-0.2, 0) is 0 Å². The highest BCUT2D eigenvalue weighted by Crippen LogP contribution is 2.36. The zero-order chi connectivity index (χ0) is 27.5. The fraction of sp³-hybridized carbons (Fsp3) is 0.0294. The van der Waals surface area contributed by atoms with Gasteiger partial charge in [-0.15, -0.1) is 0 Å². The predicted molar refractivity (Wildman–Crippen MR) is 159 cm³/mol. The van der Waals surface area contributed by atoms with Gasteiger partial charge in [0.2, 0.25) is 0 Å². The second-order valence-corrected chi connectivity index (χ2v) is 9.44. The van der Waals surface area contributed by atoms with Gasteiger partial charge in [-0.1, -0.05) is 96.6 Å². The summed E-state index contributed by atoms with van der Waals surface area (Å²) in [4.78, 5) is 29.5. The van der Waals surface area contributed by atoms with E-state index in [0.29, 0.717) is 22.6 Å². The molecule has 6 aromatic rings.